The van der Waals surface area contributed by atoms with Crippen LogP contribution in [0.4, 0.5) is 0 Å². The quantitative estimate of drug-likeness (QED) is 0.247. The molecule has 208 valence electrons. The van der Waals surface area contributed by atoms with Crippen molar-refractivity contribution < 1.29 is 28.7 Å². The normalized spacial score (nSPS) is 26.5. The predicted molar refractivity (Wildman–Crippen MR) is 140 cm³/mol. The lowest BCUT2D eigenvalue weighted by molar-refractivity contribution is -0.161. The summed E-state index contributed by atoms with van der Waals surface area (Å²) in [6.45, 7) is 11.1. The Bertz CT molecular complexity index is 963. The largest absolute Gasteiger partial charge is 0.460 e. The van der Waals surface area contributed by atoms with Gasteiger partial charge in [0, 0.05) is 30.7 Å². The summed E-state index contributed by atoms with van der Waals surface area (Å²) in [5.41, 5.74) is 3.99. The Hall–Kier alpha value is -1.67. The number of hydrogen-bond acceptors (Lipinski definition) is 6. The second-order valence-electron chi connectivity index (χ2n) is 13.1. The van der Waals surface area contributed by atoms with E-state index in [1.54, 1.807) is 20.8 Å². The Balaban J connectivity index is 1.83. The van der Waals surface area contributed by atoms with Crippen LogP contribution in [0.15, 0.2) is 0 Å². The van der Waals surface area contributed by atoms with Crippen molar-refractivity contribution in [2.24, 2.45) is 40.7 Å². The third-order valence-corrected chi connectivity index (χ3v) is 9.05. The molecule has 3 rings (SSSR count). The minimum Gasteiger partial charge on any atom is -0.460 e. The summed E-state index contributed by atoms with van der Waals surface area (Å²) in [6, 6.07) is -0.930. The van der Waals surface area contributed by atoms with E-state index < -0.39 is 56.8 Å². The number of alkyl halides is 2. The van der Waals surface area contributed by atoms with Crippen molar-refractivity contribution in [1.29, 1.82) is 0 Å². The van der Waals surface area contributed by atoms with Crippen molar-refractivity contribution in [2.75, 3.05) is 6.54 Å². The summed E-state index contributed by atoms with van der Waals surface area (Å²) >= 11 is 12.9. The number of halogens is 2. The zero-order chi connectivity index (χ0) is 28.1. The number of fused-ring (bicyclic) bond motifs is 1. The van der Waals surface area contributed by atoms with Crippen molar-refractivity contribution in [2.45, 2.75) is 96.0 Å². The Morgan fingerprint density at radius 1 is 1.03 bits per heavy atom. The maximum Gasteiger partial charge on any atom is 0.307 e. The third kappa shape index (κ3) is 6.67. The molecule has 37 heavy (non-hydrogen) atoms. The minimum atomic E-state index is -1.14. The number of rotatable bonds is 10. The molecular formula is C27H40Cl2N2O6. The van der Waals surface area contributed by atoms with Gasteiger partial charge >= 0.3 is 5.97 Å². The highest BCUT2D eigenvalue weighted by atomic mass is 35.5. The van der Waals surface area contributed by atoms with Gasteiger partial charge in [0.1, 0.15) is 9.93 Å². The molecule has 2 N–H and O–H groups in total. The molecule has 1 saturated heterocycles. The van der Waals surface area contributed by atoms with Gasteiger partial charge in [-0.3, -0.25) is 24.0 Å². The predicted octanol–water partition coefficient (Wildman–Crippen LogP) is 3.83. The van der Waals surface area contributed by atoms with E-state index in [2.05, 4.69) is 0 Å². The van der Waals surface area contributed by atoms with Crippen molar-refractivity contribution in [3.8, 4) is 0 Å². The van der Waals surface area contributed by atoms with Gasteiger partial charge in [0.05, 0.1) is 18.4 Å². The maximum absolute atomic E-state index is 13.9. The molecule has 2 aliphatic carbocycles. The molecule has 0 bridgehead atoms. The highest BCUT2D eigenvalue weighted by molar-refractivity contribution is 6.51. The lowest BCUT2D eigenvalue weighted by atomic mass is 9.75. The van der Waals surface area contributed by atoms with E-state index in [4.69, 9.17) is 33.7 Å². The van der Waals surface area contributed by atoms with Gasteiger partial charge in [-0.2, -0.15) is 0 Å². The Morgan fingerprint density at radius 2 is 1.62 bits per heavy atom. The number of nitrogens with two attached hydrogens (primary N) is 1. The fraction of sp³-hybridized carbons (Fsp3) is 0.815. The molecule has 2 saturated carbocycles. The average molecular weight is 560 g/mol. The van der Waals surface area contributed by atoms with E-state index in [1.165, 1.54) is 4.90 Å². The van der Waals surface area contributed by atoms with Crippen LogP contribution >= 0.6 is 23.2 Å². The molecule has 0 aromatic heterocycles. The summed E-state index contributed by atoms with van der Waals surface area (Å²) < 4.78 is 4.33. The number of likely N-dealkylation sites (tertiary alicyclic amines) is 1. The molecule has 0 radical (unpaired) electrons. The lowest BCUT2D eigenvalue weighted by Gasteiger charge is -2.37. The van der Waals surface area contributed by atoms with Crippen molar-refractivity contribution >= 4 is 52.6 Å². The molecule has 0 aromatic rings. The van der Waals surface area contributed by atoms with Crippen molar-refractivity contribution in [1.82, 2.24) is 4.90 Å². The number of hydrogen-bond donors (Lipinski definition) is 1. The molecule has 0 unspecified atom stereocenters. The first-order chi connectivity index (χ1) is 16.8. The van der Waals surface area contributed by atoms with E-state index in [9.17, 15) is 24.0 Å². The fourth-order valence-corrected chi connectivity index (χ4v) is 6.52. The van der Waals surface area contributed by atoms with E-state index in [1.807, 2.05) is 20.8 Å². The van der Waals surface area contributed by atoms with E-state index >= 15 is 0 Å². The zero-order valence-electron chi connectivity index (χ0n) is 22.6. The molecule has 1 heterocycles. The molecule has 2 amide bonds. The van der Waals surface area contributed by atoms with Gasteiger partial charge in [-0.15, -0.1) is 23.2 Å². The molecule has 8 nitrogen and oxygen atoms in total. The van der Waals surface area contributed by atoms with Crippen LogP contribution in [0.25, 0.3) is 0 Å². The minimum absolute atomic E-state index is 0.135. The van der Waals surface area contributed by atoms with Crippen LogP contribution in [-0.2, 0) is 28.7 Å². The number of carbonyl (C=O) groups is 5. The zero-order valence-corrected chi connectivity index (χ0v) is 24.2. The number of nitrogens with zero attached hydrogens (tertiary/aromatic N) is 1. The summed E-state index contributed by atoms with van der Waals surface area (Å²) in [5.74, 6) is -5.06. The number of ketones is 2. The van der Waals surface area contributed by atoms with Crippen LogP contribution in [-0.4, -0.2) is 56.8 Å². The third-order valence-electron chi connectivity index (χ3n) is 7.98. The summed E-state index contributed by atoms with van der Waals surface area (Å²) in [4.78, 5) is 66.0. The maximum atomic E-state index is 13.9. The van der Waals surface area contributed by atoms with Gasteiger partial charge in [0.25, 0.3) is 5.91 Å². The van der Waals surface area contributed by atoms with Crippen LogP contribution in [0.1, 0.15) is 80.1 Å². The first-order valence-corrected chi connectivity index (χ1v) is 13.9. The standard InChI is InChI=1S/C27H40Cl2N2O6/c1-25(2,3)16(12-19(33)37-26(4,5)6)24(36)31-13-17-20(27(17,28)29)21(31)18(32)11-15(22(34)23(30)35)10-14-8-7-9-14/h14-17,20-21H,7-13H2,1-6H3,(H2,30,35)/t15-,16-,17+,20+,21-/m1/s1. The summed E-state index contributed by atoms with van der Waals surface area (Å²) in [6.07, 6.45) is 3.02. The van der Waals surface area contributed by atoms with E-state index in [0.717, 1.165) is 19.3 Å². The Kier molecular flexibility index (Phi) is 8.46. The van der Waals surface area contributed by atoms with Crippen molar-refractivity contribution in [3.63, 3.8) is 0 Å². The number of piperidine rings is 1. The molecule has 0 aromatic carbocycles. The van der Waals surface area contributed by atoms with Gasteiger partial charge in [-0.05, 0) is 38.5 Å². The lowest BCUT2D eigenvalue weighted by Crippen LogP contribution is -2.51. The monoisotopic (exact) mass is 558 g/mol. The summed E-state index contributed by atoms with van der Waals surface area (Å²) in [5, 5.41) is 0. The van der Waals surface area contributed by atoms with Gasteiger partial charge in [0.2, 0.25) is 11.7 Å². The van der Waals surface area contributed by atoms with Crippen LogP contribution < -0.4 is 5.73 Å². The number of amides is 2. The fourth-order valence-electron chi connectivity index (χ4n) is 5.70. The number of carbonyl (C=O) groups excluding carboxylic acids is 5. The highest BCUT2D eigenvalue weighted by Gasteiger charge is 2.73. The average Bonchev–Trinajstić information content (AvgIpc) is 3.06. The van der Waals surface area contributed by atoms with E-state index in [0.29, 0.717) is 6.42 Å². The van der Waals surface area contributed by atoms with Crippen LogP contribution in [0.5, 0.6) is 0 Å². The first kappa shape index (κ1) is 29.9. The number of ether oxygens (including phenoxy) is 1. The van der Waals surface area contributed by atoms with Gasteiger partial charge < -0.3 is 15.4 Å². The SMILES string of the molecule is CC(C)(C)OC(=O)C[C@H](C(=O)N1C[C@H]2[C@@H]([C@H]1C(=O)C[C@@H](CC1CCC1)C(=O)C(N)=O)C2(Cl)Cl)C(C)(C)C. The van der Waals surface area contributed by atoms with Gasteiger partial charge in [0.15, 0.2) is 5.78 Å². The van der Waals surface area contributed by atoms with Crippen LogP contribution in [0.2, 0.25) is 0 Å². The Labute approximate surface area is 229 Å². The number of esters is 1. The molecule has 3 aliphatic rings. The van der Waals surface area contributed by atoms with Crippen molar-refractivity contribution in [3.05, 3.63) is 0 Å². The Morgan fingerprint density at radius 3 is 2.08 bits per heavy atom. The van der Waals surface area contributed by atoms with Gasteiger partial charge in [-0.1, -0.05) is 40.0 Å². The van der Waals surface area contributed by atoms with Crippen LogP contribution in [0.3, 0.4) is 0 Å². The number of primary amides is 1. The summed E-state index contributed by atoms with van der Waals surface area (Å²) in [7, 11) is 0. The number of Topliss-reactive ketones (excluding diaryl/α,β-unsaturated/α-hetero) is 2. The molecule has 1 aliphatic heterocycles. The van der Waals surface area contributed by atoms with Gasteiger partial charge in [-0.25, -0.2) is 0 Å². The molecule has 5 atom stereocenters. The second-order valence-corrected chi connectivity index (χ2v) is 14.5. The molecular weight excluding hydrogens is 519 g/mol. The second kappa shape index (κ2) is 10.5. The highest BCUT2D eigenvalue weighted by Crippen LogP contribution is 2.66. The molecule has 3 fully saturated rings. The topological polar surface area (TPSA) is 124 Å². The van der Waals surface area contributed by atoms with E-state index in [-0.39, 0.29) is 42.9 Å². The molecule has 0 spiro atoms. The molecule has 10 heteroatoms. The smallest absolute Gasteiger partial charge is 0.307 e. The first-order valence-electron chi connectivity index (χ1n) is 13.1. The van der Waals surface area contributed by atoms with Crippen LogP contribution in [0, 0.1) is 35.0 Å².